The molecule has 0 saturated heterocycles. The van der Waals surface area contributed by atoms with E-state index >= 15 is 0 Å². The standard InChI is InChI=1S/C16H20N2OS2/c1-15(2,3)14-18-10(8-20-14)13-17-9-6-16(4,5)7-11(19)12(9)21-13/h8H,6-7H2,1-5H3. The third-order valence-corrected chi connectivity index (χ3v) is 6.03. The van der Waals surface area contributed by atoms with Crippen molar-refractivity contribution in [3.05, 3.63) is 21.0 Å². The summed E-state index contributed by atoms with van der Waals surface area (Å²) in [7, 11) is 0. The van der Waals surface area contributed by atoms with Crippen molar-refractivity contribution >= 4 is 28.5 Å². The van der Waals surface area contributed by atoms with Crippen LogP contribution in [0.2, 0.25) is 0 Å². The molecule has 0 aliphatic heterocycles. The average molecular weight is 320 g/mol. The average Bonchev–Trinajstić information content (AvgIpc) is 2.90. The molecule has 0 atom stereocenters. The lowest BCUT2D eigenvalue weighted by Crippen LogP contribution is -2.25. The molecule has 0 saturated carbocycles. The maximum atomic E-state index is 12.3. The fourth-order valence-corrected chi connectivity index (χ4v) is 4.49. The number of nitrogens with zero attached hydrogens (tertiary/aromatic N) is 2. The van der Waals surface area contributed by atoms with E-state index in [4.69, 9.17) is 9.97 Å². The van der Waals surface area contributed by atoms with Gasteiger partial charge in [0.2, 0.25) is 0 Å². The number of hydrogen-bond donors (Lipinski definition) is 0. The van der Waals surface area contributed by atoms with Crippen LogP contribution in [0, 0.1) is 5.41 Å². The van der Waals surface area contributed by atoms with Gasteiger partial charge in [0.05, 0.1) is 15.6 Å². The summed E-state index contributed by atoms with van der Waals surface area (Å²) in [5.41, 5.74) is 1.95. The van der Waals surface area contributed by atoms with E-state index < -0.39 is 0 Å². The molecular weight excluding hydrogens is 300 g/mol. The molecule has 5 heteroatoms. The van der Waals surface area contributed by atoms with Crippen LogP contribution in [0.1, 0.15) is 61.4 Å². The molecule has 3 nitrogen and oxygen atoms in total. The Morgan fingerprint density at radius 2 is 1.90 bits per heavy atom. The number of rotatable bonds is 1. The molecule has 1 aliphatic rings. The summed E-state index contributed by atoms with van der Waals surface area (Å²) in [6.45, 7) is 10.7. The molecule has 0 unspecified atom stereocenters. The molecule has 0 radical (unpaired) electrons. The Morgan fingerprint density at radius 1 is 1.19 bits per heavy atom. The predicted molar refractivity (Wildman–Crippen MR) is 88.4 cm³/mol. The fourth-order valence-electron chi connectivity index (χ4n) is 2.55. The van der Waals surface area contributed by atoms with Crippen LogP contribution in [0.4, 0.5) is 0 Å². The Morgan fingerprint density at radius 3 is 2.52 bits per heavy atom. The van der Waals surface area contributed by atoms with Crippen LogP contribution in [0.25, 0.3) is 10.7 Å². The number of ketones is 1. The van der Waals surface area contributed by atoms with Crippen molar-refractivity contribution in [3.63, 3.8) is 0 Å². The number of fused-ring (bicyclic) bond motifs is 1. The Bertz CT molecular complexity index is 704. The quantitative estimate of drug-likeness (QED) is 0.763. The lowest BCUT2D eigenvalue weighted by atomic mass is 9.78. The first-order valence-corrected chi connectivity index (χ1v) is 8.85. The second kappa shape index (κ2) is 4.71. The van der Waals surface area contributed by atoms with Crippen LogP contribution in [-0.4, -0.2) is 15.8 Å². The summed E-state index contributed by atoms with van der Waals surface area (Å²) >= 11 is 3.17. The normalized spacial score (nSPS) is 17.9. The largest absolute Gasteiger partial charge is 0.293 e. The third-order valence-electron chi connectivity index (χ3n) is 3.60. The zero-order chi connectivity index (χ0) is 15.4. The molecule has 3 rings (SSSR count). The van der Waals surface area contributed by atoms with E-state index in [2.05, 4.69) is 40.0 Å². The van der Waals surface area contributed by atoms with E-state index in [-0.39, 0.29) is 16.6 Å². The van der Waals surface area contributed by atoms with E-state index in [1.165, 1.54) is 11.3 Å². The van der Waals surface area contributed by atoms with E-state index in [9.17, 15) is 4.79 Å². The van der Waals surface area contributed by atoms with Crippen molar-refractivity contribution in [2.75, 3.05) is 0 Å². The Labute approximate surface area is 133 Å². The van der Waals surface area contributed by atoms with Crippen LogP contribution in [0.3, 0.4) is 0 Å². The first kappa shape index (κ1) is 14.9. The van der Waals surface area contributed by atoms with Gasteiger partial charge in [-0.15, -0.1) is 22.7 Å². The first-order chi connectivity index (χ1) is 9.66. The number of hydrogen-bond acceptors (Lipinski definition) is 5. The van der Waals surface area contributed by atoms with Gasteiger partial charge in [-0.05, 0) is 11.8 Å². The first-order valence-electron chi connectivity index (χ1n) is 7.15. The molecule has 0 amide bonds. The number of aromatic nitrogens is 2. The van der Waals surface area contributed by atoms with Gasteiger partial charge >= 0.3 is 0 Å². The molecule has 0 N–H and O–H groups in total. The molecule has 0 fully saturated rings. The zero-order valence-corrected chi connectivity index (χ0v) is 14.7. The lowest BCUT2D eigenvalue weighted by molar-refractivity contribution is 0.0916. The number of Topliss-reactive ketones (excluding diaryl/α,β-unsaturated/α-hetero) is 1. The van der Waals surface area contributed by atoms with Crippen molar-refractivity contribution in [2.24, 2.45) is 5.41 Å². The minimum atomic E-state index is 0.0219. The van der Waals surface area contributed by atoms with Gasteiger partial charge in [0.1, 0.15) is 10.7 Å². The molecule has 0 spiro atoms. The van der Waals surface area contributed by atoms with Crippen LogP contribution >= 0.6 is 22.7 Å². The van der Waals surface area contributed by atoms with Crippen molar-refractivity contribution < 1.29 is 4.79 Å². The van der Waals surface area contributed by atoms with Gasteiger partial charge in [-0.3, -0.25) is 4.79 Å². The molecule has 1 aliphatic carbocycles. The van der Waals surface area contributed by atoms with Crippen LogP contribution in [0.15, 0.2) is 5.38 Å². The highest BCUT2D eigenvalue weighted by Gasteiger charge is 2.34. The molecule has 2 aromatic heterocycles. The Kier molecular flexibility index (Phi) is 3.33. The van der Waals surface area contributed by atoms with Gasteiger partial charge in [0, 0.05) is 17.2 Å². The lowest BCUT2D eigenvalue weighted by Gasteiger charge is -2.26. The van der Waals surface area contributed by atoms with Gasteiger partial charge in [-0.25, -0.2) is 9.97 Å². The zero-order valence-electron chi connectivity index (χ0n) is 13.1. The van der Waals surface area contributed by atoms with Crippen molar-refractivity contribution in [1.82, 2.24) is 9.97 Å². The summed E-state index contributed by atoms with van der Waals surface area (Å²) in [6.07, 6.45) is 1.49. The Hall–Kier alpha value is -1.07. The van der Waals surface area contributed by atoms with E-state index in [1.54, 1.807) is 11.3 Å². The predicted octanol–water partition coefficient (Wildman–Crippen LogP) is 4.72. The second-order valence-corrected chi connectivity index (χ2v) is 9.38. The maximum absolute atomic E-state index is 12.3. The molecule has 112 valence electrons. The molecule has 2 heterocycles. The summed E-state index contributed by atoms with van der Waals surface area (Å²) in [5, 5.41) is 4.05. The molecular formula is C16H20N2OS2. The number of thiazole rings is 2. The van der Waals surface area contributed by atoms with E-state index in [1.807, 2.05) is 0 Å². The topological polar surface area (TPSA) is 42.9 Å². The van der Waals surface area contributed by atoms with Gasteiger partial charge in [-0.2, -0.15) is 0 Å². The van der Waals surface area contributed by atoms with Crippen LogP contribution < -0.4 is 0 Å². The van der Waals surface area contributed by atoms with Gasteiger partial charge < -0.3 is 0 Å². The van der Waals surface area contributed by atoms with Crippen molar-refractivity contribution in [3.8, 4) is 10.7 Å². The number of carbonyl (C=O) groups excluding carboxylic acids is 1. The van der Waals surface area contributed by atoms with Crippen LogP contribution in [-0.2, 0) is 11.8 Å². The summed E-state index contributed by atoms with van der Waals surface area (Å²) in [5.74, 6) is 0.233. The third kappa shape index (κ3) is 2.81. The molecule has 0 aromatic carbocycles. The van der Waals surface area contributed by atoms with Crippen molar-refractivity contribution in [1.29, 1.82) is 0 Å². The van der Waals surface area contributed by atoms with Gasteiger partial charge in [-0.1, -0.05) is 34.6 Å². The molecule has 0 bridgehead atoms. The smallest absolute Gasteiger partial charge is 0.175 e. The minimum Gasteiger partial charge on any atom is -0.293 e. The SMILES string of the molecule is CC1(C)CC(=O)c2sc(-c3csc(C(C)(C)C)n3)nc2C1. The summed E-state index contributed by atoms with van der Waals surface area (Å²) in [6, 6.07) is 0. The summed E-state index contributed by atoms with van der Waals surface area (Å²) in [4.78, 5) is 22.5. The Balaban J connectivity index is 1.99. The highest BCUT2D eigenvalue weighted by Crippen LogP contribution is 2.40. The summed E-state index contributed by atoms with van der Waals surface area (Å²) < 4.78 is 0. The van der Waals surface area contributed by atoms with E-state index in [0.717, 1.165) is 32.7 Å². The fraction of sp³-hybridized carbons (Fsp3) is 0.562. The monoisotopic (exact) mass is 320 g/mol. The van der Waals surface area contributed by atoms with Gasteiger partial charge in [0.25, 0.3) is 0 Å². The molecule has 2 aromatic rings. The molecule has 21 heavy (non-hydrogen) atoms. The van der Waals surface area contributed by atoms with E-state index in [0.29, 0.717) is 6.42 Å². The second-order valence-electron chi connectivity index (χ2n) is 7.52. The highest BCUT2D eigenvalue weighted by molar-refractivity contribution is 7.17. The maximum Gasteiger partial charge on any atom is 0.175 e. The van der Waals surface area contributed by atoms with Gasteiger partial charge in [0.15, 0.2) is 5.78 Å². The number of carbonyl (C=O) groups is 1. The minimum absolute atomic E-state index is 0.0219. The highest BCUT2D eigenvalue weighted by atomic mass is 32.1. The van der Waals surface area contributed by atoms with Crippen molar-refractivity contribution in [2.45, 2.75) is 52.9 Å². The van der Waals surface area contributed by atoms with Crippen LogP contribution in [0.5, 0.6) is 0 Å².